The monoisotopic (exact) mass is 169 g/mol. The number of allylic oxidation sites excluding steroid dienone is 1. The number of nitrogens with zero attached hydrogens (tertiary/aromatic N) is 2. The highest BCUT2D eigenvalue weighted by atomic mass is 14.7. The van der Waals surface area contributed by atoms with E-state index in [2.05, 4.69) is 9.97 Å². The Morgan fingerprint density at radius 2 is 2.46 bits per heavy atom. The van der Waals surface area contributed by atoms with Crippen LogP contribution in [0.25, 0.3) is 17.1 Å². The molecule has 0 aliphatic carbocycles. The van der Waals surface area contributed by atoms with Crippen LogP contribution < -0.4 is 0 Å². The standard InChI is InChI=1S/C10H7N3/c11-4-1-2-8-6-10-9(13-7-8)3-5-12-10/h1-3,5-7,12H. The molecule has 0 aliphatic heterocycles. The summed E-state index contributed by atoms with van der Waals surface area (Å²) in [4.78, 5) is 7.26. The van der Waals surface area contributed by atoms with Crippen molar-refractivity contribution in [3.63, 3.8) is 0 Å². The molecule has 0 saturated heterocycles. The zero-order chi connectivity index (χ0) is 9.10. The van der Waals surface area contributed by atoms with E-state index in [1.165, 1.54) is 6.08 Å². The van der Waals surface area contributed by atoms with Gasteiger partial charge in [-0.25, -0.2) is 0 Å². The molecule has 0 spiro atoms. The van der Waals surface area contributed by atoms with Crippen LogP contribution in [0.4, 0.5) is 0 Å². The van der Waals surface area contributed by atoms with Crippen LogP contribution in [0.15, 0.2) is 30.6 Å². The van der Waals surface area contributed by atoms with Gasteiger partial charge in [-0.15, -0.1) is 0 Å². The Balaban J connectivity index is 2.49. The number of nitrogens with one attached hydrogen (secondary N) is 1. The second-order valence-corrected chi connectivity index (χ2v) is 2.64. The van der Waals surface area contributed by atoms with Crippen molar-refractivity contribution in [2.24, 2.45) is 0 Å². The molecule has 3 nitrogen and oxygen atoms in total. The number of hydrogen-bond donors (Lipinski definition) is 1. The van der Waals surface area contributed by atoms with Crippen molar-refractivity contribution in [3.05, 3.63) is 36.2 Å². The minimum atomic E-state index is 0.927. The summed E-state index contributed by atoms with van der Waals surface area (Å²) in [7, 11) is 0. The Hall–Kier alpha value is -2.08. The zero-order valence-corrected chi connectivity index (χ0v) is 6.86. The lowest BCUT2D eigenvalue weighted by Gasteiger charge is -1.91. The second kappa shape index (κ2) is 3.11. The number of hydrogen-bond acceptors (Lipinski definition) is 2. The molecular weight excluding hydrogens is 162 g/mol. The Kier molecular flexibility index (Phi) is 1.81. The fourth-order valence-corrected chi connectivity index (χ4v) is 1.17. The maximum Gasteiger partial charge on any atom is 0.0912 e. The third-order valence-electron chi connectivity index (χ3n) is 1.77. The van der Waals surface area contributed by atoms with Crippen LogP contribution in [0.3, 0.4) is 0 Å². The molecule has 0 aromatic carbocycles. The van der Waals surface area contributed by atoms with Crippen molar-refractivity contribution in [2.75, 3.05) is 0 Å². The lowest BCUT2D eigenvalue weighted by molar-refractivity contribution is 1.39. The summed E-state index contributed by atoms with van der Waals surface area (Å²) in [5, 5.41) is 8.34. The van der Waals surface area contributed by atoms with Gasteiger partial charge in [0.05, 0.1) is 17.1 Å². The van der Waals surface area contributed by atoms with E-state index in [1.54, 1.807) is 12.3 Å². The summed E-state index contributed by atoms with van der Waals surface area (Å²) in [6, 6.07) is 5.80. The summed E-state index contributed by atoms with van der Waals surface area (Å²) in [5.74, 6) is 0. The molecule has 2 aromatic rings. The number of nitriles is 1. The Morgan fingerprint density at radius 1 is 1.54 bits per heavy atom. The molecule has 0 unspecified atom stereocenters. The van der Waals surface area contributed by atoms with Gasteiger partial charge in [0.25, 0.3) is 0 Å². The second-order valence-electron chi connectivity index (χ2n) is 2.64. The van der Waals surface area contributed by atoms with Crippen molar-refractivity contribution < 1.29 is 0 Å². The van der Waals surface area contributed by atoms with Gasteiger partial charge in [0, 0.05) is 18.5 Å². The number of fused-ring (bicyclic) bond motifs is 1. The topological polar surface area (TPSA) is 52.5 Å². The molecule has 0 radical (unpaired) electrons. The maximum absolute atomic E-state index is 8.34. The average molecular weight is 169 g/mol. The highest BCUT2D eigenvalue weighted by Gasteiger charge is 1.94. The summed E-state index contributed by atoms with van der Waals surface area (Å²) in [5.41, 5.74) is 2.85. The first kappa shape index (κ1) is 7.56. The molecular formula is C10H7N3. The predicted molar refractivity (Wildman–Crippen MR) is 50.7 cm³/mol. The van der Waals surface area contributed by atoms with Gasteiger partial charge in [0.15, 0.2) is 0 Å². The van der Waals surface area contributed by atoms with Crippen molar-refractivity contribution in [3.8, 4) is 6.07 Å². The molecule has 0 aliphatic rings. The van der Waals surface area contributed by atoms with E-state index >= 15 is 0 Å². The first-order valence-electron chi connectivity index (χ1n) is 3.89. The van der Waals surface area contributed by atoms with E-state index in [-0.39, 0.29) is 0 Å². The molecule has 0 atom stereocenters. The number of rotatable bonds is 1. The van der Waals surface area contributed by atoms with Gasteiger partial charge in [0.2, 0.25) is 0 Å². The van der Waals surface area contributed by atoms with Crippen LogP contribution in [0.2, 0.25) is 0 Å². The molecule has 0 saturated carbocycles. The van der Waals surface area contributed by atoms with E-state index in [0.29, 0.717) is 0 Å². The van der Waals surface area contributed by atoms with Gasteiger partial charge >= 0.3 is 0 Å². The van der Waals surface area contributed by atoms with Gasteiger partial charge < -0.3 is 4.98 Å². The lowest BCUT2D eigenvalue weighted by Crippen LogP contribution is -1.77. The molecule has 2 heterocycles. The quantitative estimate of drug-likeness (QED) is 0.664. The van der Waals surface area contributed by atoms with Crippen molar-refractivity contribution in [1.82, 2.24) is 9.97 Å². The third kappa shape index (κ3) is 1.42. The largest absolute Gasteiger partial charge is 0.360 e. The van der Waals surface area contributed by atoms with Crippen molar-refractivity contribution in [1.29, 1.82) is 5.26 Å². The Labute approximate surface area is 75.3 Å². The van der Waals surface area contributed by atoms with Crippen LogP contribution in [0.1, 0.15) is 5.56 Å². The van der Waals surface area contributed by atoms with E-state index < -0.39 is 0 Å². The van der Waals surface area contributed by atoms with Gasteiger partial charge in [-0.05, 0) is 23.8 Å². The fraction of sp³-hybridized carbons (Fsp3) is 0. The van der Waals surface area contributed by atoms with Crippen molar-refractivity contribution in [2.45, 2.75) is 0 Å². The SMILES string of the molecule is N#CC=Cc1cnc2cc[nH]c2c1. The summed E-state index contributed by atoms with van der Waals surface area (Å²) < 4.78 is 0. The first-order chi connectivity index (χ1) is 6.40. The lowest BCUT2D eigenvalue weighted by atomic mass is 10.2. The Bertz CT molecular complexity index is 488. The molecule has 3 heteroatoms. The number of aromatic nitrogens is 2. The minimum Gasteiger partial charge on any atom is -0.360 e. The molecule has 2 aromatic heterocycles. The van der Waals surface area contributed by atoms with Gasteiger partial charge in [-0.2, -0.15) is 5.26 Å². The van der Waals surface area contributed by atoms with Crippen LogP contribution in [0, 0.1) is 11.3 Å². The van der Waals surface area contributed by atoms with Gasteiger partial charge in [-0.1, -0.05) is 0 Å². The van der Waals surface area contributed by atoms with Gasteiger partial charge in [0.1, 0.15) is 0 Å². The highest BCUT2D eigenvalue weighted by molar-refractivity contribution is 5.77. The molecule has 2 rings (SSSR count). The summed E-state index contributed by atoms with van der Waals surface area (Å²) >= 11 is 0. The highest BCUT2D eigenvalue weighted by Crippen LogP contribution is 2.11. The fourth-order valence-electron chi connectivity index (χ4n) is 1.17. The van der Waals surface area contributed by atoms with Gasteiger partial charge in [-0.3, -0.25) is 4.98 Å². The minimum absolute atomic E-state index is 0.927. The molecule has 0 bridgehead atoms. The summed E-state index contributed by atoms with van der Waals surface area (Å²) in [6.07, 6.45) is 6.75. The third-order valence-corrected chi connectivity index (χ3v) is 1.77. The maximum atomic E-state index is 8.34. The molecule has 0 amide bonds. The predicted octanol–water partition coefficient (Wildman–Crippen LogP) is 2.10. The van der Waals surface area contributed by atoms with E-state index in [4.69, 9.17) is 5.26 Å². The molecule has 13 heavy (non-hydrogen) atoms. The number of H-pyrrole nitrogens is 1. The molecule has 0 fully saturated rings. The Morgan fingerprint density at radius 3 is 3.31 bits per heavy atom. The molecule has 62 valence electrons. The number of pyridine rings is 1. The normalized spacial score (nSPS) is 10.7. The average Bonchev–Trinajstić information content (AvgIpc) is 2.61. The first-order valence-corrected chi connectivity index (χ1v) is 3.89. The molecule has 1 N–H and O–H groups in total. The van der Waals surface area contributed by atoms with Crippen molar-refractivity contribution >= 4 is 17.1 Å². The zero-order valence-electron chi connectivity index (χ0n) is 6.86. The van der Waals surface area contributed by atoms with E-state index in [9.17, 15) is 0 Å². The van der Waals surface area contributed by atoms with Crippen LogP contribution in [-0.4, -0.2) is 9.97 Å². The van der Waals surface area contributed by atoms with E-state index in [0.717, 1.165) is 16.6 Å². The van der Waals surface area contributed by atoms with E-state index in [1.807, 2.05) is 24.4 Å². The summed E-state index contributed by atoms with van der Waals surface area (Å²) in [6.45, 7) is 0. The van der Waals surface area contributed by atoms with Crippen LogP contribution >= 0.6 is 0 Å². The number of aromatic amines is 1. The van der Waals surface area contributed by atoms with Crippen LogP contribution in [0.5, 0.6) is 0 Å². The van der Waals surface area contributed by atoms with Crippen LogP contribution in [-0.2, 0) is 0 Å². The smallest absolute Gasteiger partial charge is 0.0912 e.